The fraction of sp³-hybridized carbons (Fsp3) is 0.412. The summed E-state index contributed by atoms with van der Waals surface area (Å²) in [5, 5.41) is 6.99. The number of nitrogens with zero attached hydrogens (tertiary/aromatic N) is 2. The zero-order valence-corrected chi connectivity index (χ0v) is 13.3. The molecule has 1 amide bonds. The van der Waals surface area contributed by atoms with Gasteiger partial charge in [0.2, 0.25) is 0 Å². The third kappa shape index (κ3) is 3.31. The Morgan fingerprint density at radius 2 is 2.29 bits per heavy atom. The molecular formula is C17H19F2N3O2. The van der Waals surface area contributed by atoms with Gasteiger partial charge in [0.05, 0.1) is 17.8 Å². The van der Waals surface area contributed by atoms with Crippen molar-refractivity contribution >= 4 is 5.91 Å². The lowest BCUT2D eigenvalue weighted by Crippen LogP contribution is -2.43. The molecule has 1 saturated heterocycles. The van der Waals surface area contributed by atoms with Crippen molar-refractivity contribution in [1.29, 1.82) is 0 Å². The van der Waals surface area contributed by atoms with Gasteiger partial charge >= 0.3 is 0 Å². The van der Waals surface area contributed by atoms with E-state index < -0.39 is 17.5 Å². The molecule has 0 saturated carbocycles. The van der Waals surface area contributed by atoms with E-state index in [9.17, 15) is 13.6 Å². The quantitative estimate of drug-likeness (QED) is 0.935. The van der Waals surface area contributed by atoms with Crippen LogP contribution < -0.4 is 5.32 Å². The number of carbonyl (C=O) groups excluding carboxylic acids is 1. The molecule has 1 N–H and O–H groups in total. The summed E-state index contributed by atoms with van der Waals surface area (Å²) in [7, 11) is 0. The second-order valence-corrected chi connectivity index (χ2v) is 5.74. The number of aryl methyl sites for hydroxylation is 1. The lowest BCUT2D eigenvalue weighted by Gasteiger charge is -2.31. The third-order valence-electron chi connectivity index (χ3n) is 4.14. The van der Waals surface area contributed by atoms with Crippen LogP contribution >= 0.6 is 0 Å². The Morgan fingerprint density at radius 3 is 3.04 bits per heavy atom. The van der Waals surface area contributed by atoms with Crippen LogP contribution in [0.15, 0.2) is 30.6 Å². The Balaban J connectivity index is 1.78. The molecule has 2 aromatic rings. The summed E-state index contributed by atoms with van der Waals surface area (Å²) < 4.78 is 34.7. The largest absolute Gasteiger partial charge is 0.371 e. The molecule has 0 spiro atoms. The summed E-state index contributed by atoms with van der Waals surface area (Å²) in [5.74, 6) is -2.82. The van der Waals surface area contributed by atoms with Crippen LogP contribution in [-0.2, 0) is 11.3 Å². The molecule has 0 bridgehead atoms. The molecule has 1 aliphatic heterocycles. The number of benzene rings is 1. The van der Waals surface area contributed by atoms with Gasteiger partial charge in [0.1, 0.15) is 6.10 Å². The van der Waals surface area contributed by atoms with Crippen LogP contribution in [-0.4, -0.2) is 28.3 Å². The van der Waals surface area contributed by atoms with Gasteiger partial charge in [0, 0.05) is 24.9 Å². The highest BCUT2D eigenvalue weighted by atomic mass is 19.2. The van der Waals surface area contributed by atoms with E-state index >= 15 is 0 Å². The van der Waals surface area contributed by atoms with Gasteiger partial charge in [0.25, 0.3) is 5.91 Å². The first kappa shape index (κ1) is 16.6. The number of rotatable bonds is 4. The fourth-order valence-electron chi connectivity index (χ4n) is 2.88. The first-order valence-corrected chi connectivity index (χ1v) is 7.99. The summed E-state index contributed by atoms with van der Waals surface area (Å²) in [6, 6.07) is 3.25. The van der Waals surface area contributed by atoms with Crippen molar-refractivity contribution in [2.24, 2.45) is 0 Å². The van der Waals surface area contributed by atoms with E-state index in [0.29, 0.717) is 13.0 Å². The normalized spacial score (nSPS) is 20.8. The molecule has 3 rings (SSSR count). The minimum atomic E-state index is -1.14. The zero-order chi connectivity index (χ0) is 17.1. The second kappa shape index (κ2) is 7.09. The van der Waals surface area contributed by atoms with Crippen LogP contribution in [0, 0.1) is 11.6 Å². The average Bonchev–Trinajstić information content (AvgIpc) is 3.06. The van der Waals surface area contributed by atoms with Gasteiger partial charge < -0.3 is 10.1 Å². The number of ether oxygens (including phenoxy) is 1. The van der Waals surface area contributed by atoms with E-state index in [4.69, 9.17) is 4.74 Å². The van der Waals surface area contributed by atoms with E-state index in [-0.39, 0.29) is 17.7 Å². The van der Waals surface area contributed by atoms with Gasteiger partial charge in [0.15, 0.2) is 11.6 Å². The Labute approximate surface area is 138 Å². The Bertz CT molecular complexity index is 732. The number of nitrogens with one attached hydrogen (secondary N) is 1. The minimum Gasteiger partial charge on any atom is -0.371 e. The van der Waals surface area contributed by atoms with Crippen molar-refractivity contribution in [1.82, 2.24) is 15.1 Å². The first-order chi connectivity index (χ1) is 11.6. The maximum atomic E-state index is 13.8. The van der Waals surface area contributed by atoms with Crippen molar-refractivity contribution in [3.63, 3.8) is 0 Å². The Morgan fingerprint density at radius 1 is 1.46 bits per heavy atom. The standard InChI is InChI=1S/C17H19F2N3O2/c1-2-22-10-11(9-20-22)16-14(7-4-8-24-16)21-17(23)12-5-3-6-13(18)15(12)19/h3,5-6,9-10,14,16H,2,4,7-8H2,1H3,(H,21,23)/t14-,16+/m0/s1. The van der Waals surface area contributed by atoms with Gasteiger partial charge in [-0.15, -0.1) is 0 Å². The molecule has 2 atom stereocenters. The van der Waals surface area contributed by atoms with Crippen LogP contribution in [0.2, 0.25) is 0 Å². The molecule has 1 fully saturated rings. The predicted octanol–water partition coefficient (Wildman–Crippen LogP) is 2.83. The maximum absolute atomic E-state index is 13.8. The lowest BCUT2D eigenvalue weighted by molar-refractivity contribution is -0.00955. The maximum Gasteiger partial charge on any atom is 0.254 e. The molecule has 5 nitrogen and oxygen atoms in total. The molecule has 1 aliphatic rings. The van der Waals surface area contributed by atoms with E-state index in [1.54, 1.807) is 10.9 Å². The van der Waals surface area contributed by atoms with Crippen molar-refractivity contribution in [3.05, 3.63) is 53.4 Å². The molecular weight excluding hydrogens is 316 g/mol. The Kier molecular flexibility index (Phi) is 4.89. The highest BCUT2D eigenvalue weighted by Gasteiger charge is 2.30. The first-order valence-electron chi connectivity index (χ1n) is 7.99. The van der Waals surface area contributed by atoms with Crippen LogP contribution in [0.25, 0.3) is 0 Å². The number of hydrogen-bond acceptors (Lipinski definition) is 3. The molecule has 0 radical (unpaired) electrons. The monoisotopic (exact) mass is 335 g/mol. The number of aromatic nitrogens is 2. The molecule has 7 heteroatoms. The molecule has 128 valence electrons. The van der Waals surface area contributed by atoms with Gasteiger partial charge in [-0.2, -0.15) is 5.10 Å². The highest BCUT2D eigenvalue weighted by Crippen LogP contribution is 2.28. The number of carbonyl (C=O) groups is 1. The molecule has 2 heterocycles. The van der Waals surface area contributed by atoms with E-state index in [1.165, 1.54) is 12.1 Å². The van der Waals surface area contributed by atoms with Gasteiger partial charge in [-0.05, 0) is 31.9 Å². The van der Waals surface area contributed by atoms with Gasteiger partial charge in [-0.25, -0.2) is 8.78 Å². The smallest absolute Gasteiger partial charge is 0.254 e. The highest BCUT2D eigenvalue weighted by molar-refractivity contribution is 5.94. The molecule has 24 heavy (non-hydrogen) atoms. The number of amides is 1. The zero-order valence-electron chi connectivity index (χ0n) is 13.3. The van der Waals surface area contributed by atoms with E-state index in [1.807, 2.05) is 13.1 Å². The number of hydrogen-bond donors (Lipinski definition) is 1. The van der Waals surface area contributed by atoms with Gasteiger partial charge in [-0.1, -0.05) is 6.07 Å². The molecule has 1 aromatic heterocycles. The van der Waals surface area contributed by atoms with Gasteiger partial charge in [-0.3, -0.25) is 9.48 Å². The molecule has 0 unspecified atom stereocenters. The summed E-state index contributed by atoms with van der Waals surface area (Å²) in [4.78, 5) is 12.3. The SMILES string of the molecule is CCn1cc([C@H]2OCCC[C@@H]2NC(=O)c2cccc(F)c2F)cn1. The number of halogens is 2. The molecule has 1 aromatic carbocycles. The van der Waals surface area contributed by atoms with Crippen molar-refractivity contribution < 1.29 is 18.3 Å². The lowest BCUT2D eigenvalue weighted by atomic mass is 9.97. The van der Waals surface area contributed by atoms with Crippen molar-refractivity contribution in [2.75, 3.05) is 6.61 Å². The van der Waals surface area contributed by atoms with Crippen molar-refractivity contribution in [2.45, 2.75) is 38.5 Å². The average molecular weight is 335 g/mol. The summed E-state index contributed by atoms with van der Waals surface area (Å²) >= 11 is 0. The van der Waals surface area contributed by atoms with E-state index in [0.717, 1.165) is 24.6 Å². The van der Waals surface area contributed by atoms with Crippen LogP contribution in [0.3, 0.4) is 0 Å². The third-order valence-corrected chi connectivity index (χ3v) is 4.14. The van der Waals surface area contributed by atoms with Crippen LogP contribution in [0.1, 0.15) is 41.8 Å². The Hall–Kier alpha value is -2.28. The summed E-state index contributed by atoms with van der Waals surface area (Å²) in [6.07, 6.45) is 4.72. The minimum absolute atomic E-state index is 0.302. The topological polar surface area (TPSA) is 56.1 Å². The van der Waals surface area contributed by atoms with Crippen LogP contribution in [0.5, 0.6) is 0 Å². The molecule has 0 aliphatic carbocycles. The summed E-state index contributed by atoms with van der Waals surface area (Å²) in [5.41, 5.74) is 0.560. The van der Waals surface area contributed by atoms with Crippen LogP contribution in [0.4, 0.5) is 8.78 Å². The van der Waals surface area contributed by atoms with Crippen molar-refractivity contribution in [3.8, 4) is 0 Å². The second-order valence-electron chi connectivity index (χ2n) is 5.74. The fourth-order valence-corrected chi connectivity index (χ4v) is 2.88. The van der Waals surface area contributed by atoms with E-state index in [2.05, 4.69) is 10.4 Å². The summed E-state index contributed by atoms with van der Waals surface area (Å²) in [6.45, 7) is 3.30. The predicted molar refractivity (Wildman–Crippen MR) is 83.4 cm³/mol.